The second kappa shape index (κ2) is 9.70. The van der Waals surface area contributed by atoms with Crippen molar-refractivity contribution in [3.05, 3.63) is 80.4 Å². The molecule has 0 unspecified atom stereocenters. The number of hydrogen-bond donors (Lipinski definition) is 1. The number of halogens is 1. The highest BCUT2D eigenvalue weighted by Gasteiger charge is 2.48. The van der Waals surface area contributed by atoms with E-state index in [1.807, 2.05) is 0 Å². The highest BCUT2D eigenvalue weighted by molar-refractivity contribution is 6.46. The fourth-order valence-corrected chi connectivity index (χ4v) is 4.28. The van der Waals surface area contributed by atoms with E-state index in [0.717, 1.165) is 0 Å². The minimum atomic E-state index is -1.09. The summed E-state index contributed by atoms with van der Waals surface area (Å²) in [5.41, 5.74) is 0.0368. The van der Waals surface area contributed by atoms with Crippen molar-refractivity contribution in [2.24, 2.45) is 0 Å². The molecule has 1 atom stereocenters. The molecular formula is C23H22ClN3O6. The van der Waals surface area contributed by atoms with Gasteiger partial charge in [0.15, 0.2) is 0 Å². The lowest BCUT2D eigenvalue weighted by Crippen LogP contribution is -2.42. The van der Waals surface area contributed by atoms with Gasteiger partial charge in [0.1, 0.15) is 5.76 Å². The number of morpholine rings is 1. The molecule has 2 aromatic carbocycles. The number of likely N-dealkylation sites (tertiary alicyclic amines) is 1. The Balaban J connectivity index is 1.80. The number of carbonyl (C=O) groups is 2. The number of nitro groups is 1. The monoisotopic (exact) mass is 471 g/mol. The lowest BCUT2D eigenvalue weighted by Gasteiger charge is -2.30. The van der Waals surface area contributed by atoms with Gasteiger partial charge < -0.3 is 14.7 Å². The molecule has 10 heteroatoms. The van der Waals surface area contributed by atoms with Crippen LogP contribution in [0.2, 0.25) is 5.02 Å². The summed E-state index contributed by atoms with van der Waals surface area (Å²) in [6, 6.07) is 11.0. The van der Waals surface area contributed by atoms with Gasteiger partial charge in [-0.25, -0.2) is 0 Å². The van der Waals surface area contributed by atoms with E-state index in [1.54, 1.807) is 18.2 Å². The second-order valence-electron chi connectivity index (χ2n) is 7.77. The summed E-state index contributed by atoms with van der Waals surface area (Å²) >= 11 is 5.93. The molecule has 2 aliphatic rings. The third-order valence-corrected chi connectivity index (χ3v) is 6.10. The van der Waals surface area contributed by atoms with Crippen molar-refractivity contribution in [3.8, 4) is 0 Å². The lowest BCUT2D eigenvalue weighted by molar-refractivity contribution is -0.385. The normalized spacial score (nSPS) is 20.9. The quantitative estimate of drug-likeness (QED) is 0.226. The first-order valence-electron chi connectivity index (χ1n) is 10.5. The Bertz CT molecular complexity index is 1110. The van der Waals surface area contributed by atoms with Gasteiger partial charge >= 0.3 is 0 Å². The number of ketones is 1. The van der Waals surface area contributed by atoms with Crippen LogP contribution >= 0.6 is 11.6 Å². The number of nitrogens with zero attached hydrogens (tertiary/aromatic N) is 3. The first-order chi connectivity index (χ1) is 15.9. The lowest BCUT2D eigenvalue weighted by atomic mass is 9.94. The number of rotatable bonds is 6. The minimum absolute atomic E-state index is 0.165. The molecule has 1 amide bonds. The van der Waals surface area contributed by atoms with Crippen molar-refractivity contribution in [1.29, 1.82) is 0 Å². The second-order valence-corrected chi connectivity index (χ2v) is 8.21. The molecule has 2 fully saturated rings. The zero-order valence-corrected chi connectivity index (χ0v) is 18.4. The third kappa shape index (κ3) is 4.61. The highest BCUT2D eigenvalue weighted by atomic mass is 35.5. The van der Waals surface area contributed by atoms with E-state index in [1.165, 1.54) is 35.2 Å². The van der Waals surface area contributed by atoms with Gasteiger partial charge in [0.25, 0.3) is 17.4 Å². The van der Waals surface area contributed by atoms with Gasteiger partial charge in [-0.05, 0) is 30.3 Å². The van der Waals surface area contributed by atoms with Crippen LogP contribution in [0, 0.1) is 10.1 Å². The summed E-state index contributed by atoms with van der Waals surface area (Å²) in [6.45, 7) is 3.15. The third-order valence-electron chi connectivity index (χ3n) is 5.85. The van der Waals surface area contributed by atoms with Crippen LogP contribution in [0.15, 0.2) is 54.1 Å². The number of para-hydroxylation sites is 1. The SMILES string of the molecule is O=C1C(=O)N(CCN2CCOCC2)[C@H](c2ccccc2[N+](=O)[O-])/C1=C(\O)c1ccc(Cl)cc1. The number of aliphatic hydroxyl groups excluding tert-OH is 1. The fraction of sp³-hybridized carbons (Fsp3) is 0.304. The molecule has 0 radical (unpaired) electrons. The molecule has 2 heterocycles. The molecule has 0 bridgehead atoms. The molecule has 1 N–H and O–H groups in total. The molecule has 4 rings (SSSR count). The number of benzene rings is 2. The summed E-state index contributed by atoms with van der Waals surface area (Å²) < 4.78 is 5.35. The van der Waals surface area contributed by atoms with E-state index in [2.05, 4.69) is 4.90 Å². The van der Waals surface area contributed by atoms with Crippen LogP contribution < -0.4 is 0 Å². The Labute approximate surface area is 195 Å². The first-order valence-corrected chi connectivity index (χ1v) is 10.8. The number of nitro benzene ring substituents is 1. The summed E-state index contributed by atoms with van der Waals surface area (Å²) in [4.78, 5) is 40.7. The van der Waals surface area contributed by atoms with Gasteiger partial charge in [-0.3, -0.25) is 24.6 Å². The summed E-state index contributed by atoms with van der Waals surface area (Å²) in [6.07, 6.45) is 0. The van der Waals surface area contributed by atoms with Crippen LogP contribution in [-0.4, -0.2) is 70.9 Å². The number of aliphatic hydroxyl groups is 1. The largest absolute Gasteiger partial charge is 0.507 e. The predicted octanol–water partition coefficient (Wildman–Crippen LogP) is 3.00. The molecule has 2 aliphatic heterocycles. The van der Waals surface area contributed by atoms with Gasteiger partial charge in [0.2, 0.25) is 0 Å². The van der Waals surface area contributed by atoms with Crippen molar-refractivity contribution in [1.82, 2.24) is 9.80 Å². The molecule has 0 saturated carbocycles. The van der Waals surface area contributed by atoms with E-state index >= 15 is 0 Å². The van der Waals surface area contributed by atoms with Crippen LogP contribution in [0.4, 0.5) is 5.69 Å². The Morgan fingerprint density at radius 2 is 1.76 bits per heavy atom. The Kier molecular flexibility index (Phi) is 6.73. The number of hydrogen-bond acceptors (Lipinski definition) is 7. The molecule has 0 aliphatic carbocycles. The number of ether oxygens (including phenoxy) is 1. The van der Waals surface area contributed by atoms with E-state index in [4.69, 9.17) is 16.3 Å². The molecule has 2 saturated heterocycles. The molecule has 2 aromatic rings. The van der Waals surface area contributed by atoms with Crippen LogP contribution in [0.1, 0.15) is 17.2 Å². The van der Waals surface area contributed by atoms with Crippen molar-refractivity contribution >= 4 is 34.7 Å². The maximum absolute atomic E-state index is 13.1. The van der Waals surface area contributed by atoms with Crippen molar-refractivity contribution in [2.45, 2.75) is 6.04 Å². The van der Waals surface area contributed by atoms with Crippen molar-refractivity contribution in [2.75, 3.05) is 39.4 Å². The van der Waals surface area contributed by atoms with Crippen molar-refractivity contribution in [3.63, 3.8) is 0 Å². The van der Waals surface area contributed by atoms with E-state index in [-0.39, 0.29) is 28.9 Å². The molecular weight excluding hydrogens is 450 g/mol. The molecule has 172 valence electrons. The standard InChI is InChI=1S/C23H22ClN3O6/c24-16-7-5-15(6-8-16)21(28)19-20(17-3-1-2-4-18(17)27(31)32)26(23(30)22(19)29)10-9-25-11-13-33-14-12-25/h1-8,20,28H,9-14H2/b21-19+/t20-/m1/s1. The Hall–Kier alpha value is -3.27. The topological polar surface area (TPSA) is 113 Å². The summed E-state index contributed by atoms with van der Waals surface area (Å²) in [5.74, 6) is -2.09. The summed E-state index contributed by atoms with van der Waals surface area (Å²) in [7, 11) is 0. The van der Waals surface area contributed by atoms with Crippen LogP contribution in [0.5, 0.6) is 0 Å². The van der Waals surface area contributed by atoms with Gasteiger partial charge in [-0.15, -0.1) is 0 Å². The zero-order valence-electron chi connectivity index (χ0n) is 17.6. The maximum atomic E-state index is 13.1. The fourth-order valence-electron chi connectivity index (χ4n) is 4.16. The Morgan fingerprint density at radius 1 is 1.09 bits per heavy atom. The number of carbonyl (C=O) groups excluding carboxylic acids is 2. The van der Waals surface area contributed by atoms with E-state index in [0.29, 0.717) is 37.9 Å². The highest BCUT2D eigenvalue weighted by Crippen LogP contribution is 2.42. The maximum Gasteiger partial charge on any atom is 0.295 e. The molecule has 33 heavy (non-hydrogen) atoms. The van der Waals surface area contributed by atoms with Gasteiger partial charge in [0, 0.05) is 42.8 Å². The summed E-state index contributed by atoms with van der Waals surface area (Å²) in [5, 5.41) is 23.2. The van der Waals surface area contributed by atoms with Crippen LogP contribution in [0.3, 0.4) is 0 Å². The average Bonchev–Trinajstić information content (AvgIpc) is 3.08. The number of Topliss-reactive ketones (excluding diaryl/α,β-unsaturated/α-hetero) is 1. The van der Waals surface area contributed by atoms with Crippen molar-refractivity contribution < 1.29 is 24.4 Å². The minimum Gasteiger partial charge on any atom is -0.507 e. The van der Waals surface area contributed by atoms with Gasteiger partial charge in [0.05, 0.1) is 35.3 Å². The van der Waals surface area contributed by atoms with Crippen LogP contribution in [-0.2, 0) is 14.3 Å². The van der Waals surface area contributed by atoms with E-state index in [9.17, 15) is 24.8 Å². The molecule has 9 nitrogen and oxygen atoms in total. The smallest absolute Gasteiger partial charge is 0.295 e. The van der Waals surface area contributed by atoms with Gasteiger partial charge in [-0.2, -0.15) is 0 Å². The van der Waals surface area contributed by atoms with E-state index < -0.39 is 28.4 Å². The first kappa shape index (κ1) is 22.9. The van der Waals surface area contributed by atoms with Crippen LogP contribution in [0.25, 0.3) is 5.76 Å². The Morgan fingerprint density at radius 3 is 2.42 bits per heavy atom. The predicted molar refractivity (Wildman–Crippen MR) is 121 cm³/mol. The molecule has 0 aromatic heterocycles. The van der Waals surface area contributed by atoms with Gasteiger partial charge in [-0.1, -0.05) is 23.7 Å². The zero-order chi connectivity index (χ0) is 23.5. The molecule has 0 spiro atoms. The average molecular weight is 472 g/mol. The number of amides is 1.